The number of sulfonamides is 1. The molecule has 1 N–H and O–H groups in total. The number of aromatic nitrogens is 2. The van der Waals surface area contributed by atoms with Gasteiger partial charge in [0.05, 0.1) is 10.5 Å². The van der Waals surface area contributed by atoms with Gasteiger partial charge in [0.25, 0.3) is 10.0 Å². The summed E-state index contributed by atoms with van der Waals surface area (Å²) in [5.74, 6) is -0.909. The Hall–Kier alpha value is -2.28. The van der Waals surface area contributed by atoms with Crippen molar-refractivity contribution >= 4 is 48.4 Å². The van der Waals surface area contributed by atoms with Crippen LogP contribution in [0.5, 0.6) is 0 Å². The molecule has 23 heavy (non-hydrogen) atoms. The predicted octanol–water partition coefficient (Wildman–Crippen LogP) is 3.16. The third-order valence-corrected chi connectivity index (χ3v) is 5.37. The standard InChI is InChI=1S/C13H6ClFN4O2S2/c14-11-4-3-10-12(18-11)22-13(17-10)19-23(20,21)8-2-1-7(6-16)9(15)5-8/h1-5H,(H,17,19). The molecule has 0 unspecified atom stereocenters. The molecule has 10 heteroatoms. The third kappa shape index (κ3) is 3.10. The molecule has 0 fully saturated rings. The number of benzene rings is 1. The molecule has 0 spiro atoms. The molecule has 0 radical (unpaired) electrons. The highest BCUT2D eigenvalue weighted by atomic mass is 35.5. The van der Waals surface area contributed by atoms with Crippen molar-refractivity contribution in [1.29, 1.82) is 5.26 Å². The van der Waals surface area contributed by atoms with Crippen LogP contribution in [0.4, 0.5) is 9.52 Å². The Morgan fingerprint density at radius 3 is 2.74 bits per heavy atom. The molecule has 6 nitrogen and oxygen atoms in total. The molecule has 116 valence electrons. The Kier molecular flexibility index (Phi) is 3.89. The molecule has 0 amide bonds. The maximum atomic E-state index is 13.6. The van der Waals surface area contributed by atoms with Gasteiger partial charge >= 0.3 is 0 Å². The topological polar surface area (TPSA) is 95.7 Å². The lowest BCUT2D eigenvalue weighted by Crippen LogP contribution is -2.13. The second kappa shape index (κ2) is 5.73. The van der Waals surface area contributed by atoms with E-state index in [1.54, 1.807) is 12.1 Å². The normalized spacial score (nSPS) is 11.3. The SMILES string of the molecule is N#Cc1ccc(S(=O)(=O)Nc2nc3ccc(Cl)nc3s2)cc1F. The average Bonchev–Trinajstić information content (AvgIpc) is 2.87. The Labute approximate surface area is 139 Å². The summed E-state index contributed by atoms with van der Waals surface area (Å²) in [7, 11) is -4.03. The van der Waals surface area contributed by atoms with Crippen LogP contribution in [0.1, 0.15) is 5.56 Å². The van der Waals surface area contributed by atoms with Crippen LogP contribution in [0.25, 0.3) is 10.3 Å². The van der Waals surface area contributed by atoms with Gasteiger partial charge in [-0.3, -0.25) is 4.72 Å². The smallest absolute Gasteiger partial charge is 0.255 e. The van der Waals surface area contributed by atoms with Crippen molar-refractivity contribution in [3.8, 4) is 6.07 Å². The number of thiazole rings is 1. The number of anilines is 1. The van der Waals surface area contributed by atoms with Crippen LogP contribution >= 0.6 is 22.9 Å². The van der Waals surface area contributed by atoms with E-state index in [0.29, 0.717) is 10.3 Å². The Bertz CT molecular complexity index is 1060. The summed E-state index contributed by atoms with van der Waals surface area (Å²) in [5, 5.41) is 9.02. The van der Waals surface area contributed by atoms with Gasteiger partial charge in [-0.25, -0.2) is 22.8 Å². The van der Waals surface area contributed by atoms with E-state index in [1.807, 2.05) is 0 Å². The summed E-state index contributed by atoms with van der Waals surface area (Å²) in [5.41, 5.74) is 0.255. The molecule has 0 atom stereocenters. The highest BCUT2D eigenvalue weighted by molar-refractivity contribution is 7.93. The highest BCUT2D eigenvalue weighted by Crippen LogP contribution is 2.27. The zero-order valence-electron chi connectivity index (χ0n) is 11.1. The van der Waals surface area contributed by atoms with E-state index in [4.69, 9.17) is 16.9 Å². The third-order valence-electron chi connectivity index (χ3n) is 2.81. The number of rotatable bonds is 3. The van der Waals surface area contributed by atoms with Gasteiger partial charge in [0.2, 0.25) is 0 Å². The molecule has 0 aliphatic carbocycles. The molecule has 2 aromatic heterocycles. The summed E-state index contributed by atoms with van der Waals surface area (Å²) in [4.78, 5) is 8.28. The van der Waals surface area contributed by atoms with E-state index >= 15 is 0 Å². The van der Waals surface area contributed by atoms with Crippen molar-refractivity contribution in [2.75, 3.05) is 4.72 Å². The molecular weight excluding hydrogens is 363 g/mol. The van der Waals surface area contributed by atoms with Crippen LogP contribution in [-0.2, 0) is 10.0 Å². The van der Waals surface area contributed by atoms with Crippen molar-refractivity contribution in [2.24, 2.45) is 0 Å². The summed E-state index contributed by atoms with van der Waals surface area (Å²) < 4.78 is 40.3. The fourth-order valence-corrected chi connectivity index (χ4v) is 4.05. The lowest BCUT2D eigenvalue weighted by Gasteiger charge is -2.05. The molecule has 0 saturated heterocycles. The van der Waals surface area contributed by atoms with Crippen molar-refractivity contribution in [3.05, 3.63) is 46.9 Å². The van der Waals surface area contributed by atoms with Crippen LogP contribution in [0, 0.1) is 17.1 Å². The fraction of sp³-hybridized carbons (Fsp3) is 0. The molecule has 0 bridgehead atoms. The largest absolute Gasteiger partial charge is 0.263 e. The second-order valence-electron chi connectivity index (χ2n) is 4.34. The van der Waals surface area contributed by atoms with Gasteiger partial charge in [0.15, 0.2) is 5.13 Å². The second-order valence-corrected chi connectivity index (χ2v) is 7.38. The van der Waals surface area contributed by atoms with E-state index in [1.165, 1.54) is 6.07 Å². The molecule has 2 heterocycles. The maximum Gasteiger partial charge on any atom is 0.263 e. The molecule has 3 aromatic rings. The van der Waals surface area contributed by atoms with E-state index in [2.05, 4.69) is 14.7 Å². The van der Waals surface area contributed by atoms with Gasteiger partial charge in [-0.2, -0.15) is 5.26 Å². The molecule has 0 saturated carbocycles. The first kappa shape index (κ1) is 15.6. The first-order valence-electron chi connectivity index (χ1n) is 6.04. The summed E-state index contributed by atoms with van der Waals surface area (Å²) in [6, 6.07) is 7.80. The molecule has 0 aliphatic heterocycles. The minimum absolute atomic E-state index is 0.0829. The molecular formula is C13H6ClFN4O2S2. The van der Waals surface area contributed by atoms with Gasteiger partial charge in [-0.1, -0.05) is 22.9 Å². The van der Waals surface area contributed by atoms with Gasteiger partial charge in [-0.15, -0.1) is 0 Å². The lowest BCUT2D eigenvalue weighted by molar-refractivity contribution is 0.594. The first-order valence-corrected chi connectivity index (χ1v) is 8.72. The predicted molar refractivity (Wildman–Crippen MR) is 84.3 cm³/mol. The van der Waals surface area contributed by atoms with Gasteiger partial charge in [0, 0.05) is 0 Å². The van der Waals surface area contributed by atoms with Gasteiger partial charge in [-0.05, 0) is 30.3 Å². The van der Waals surface area contributed by atoms with E-state index < -0.39 is 15.8 Å². The van der Waals surface area contributed by atoms with E-state index in [-0.39, 0.29) is 20.7 Å². The number of halogens is 2. The van der Waals surface area contributed by atoms with Crippen molar-refractivity contribution in [2.45, 2.75) is 4.90 Å². The molecule has 3 rings (SSSR count). The number of nitriles is 1. The van der Waals surface area contributed by atoms with Crippen molar-refractivity contribution in [3.63, 3.8) is 0 Å². The summed E-state index contributed by atoms with van der Waals surface area (Å²) in [6.45, 7) is 0. The monoisotopic (exact) mass is 368 g/mol. The van der Waals surface area contributed by atoms with Crippen LogP contribution in [-0.4, -0.2) is 18.4 Å². The van der Waals surface area contributed by atoms with Gasteiger partial charge in [0.1, 0.15) is 27.4 Å². The summed E-state index contributed by atoms with van der Waals surface area (Å²) >= 11 is 6.77. The quantitative estimate of drug-likeness (QED) is 0.716. The van der Waals surface area contributed by atoms with Gasteiger partial charge < -0.3 is 0 Å². The van der Waals surface area contributed by atoms with E-state index in [9.17, 15) is 12.8 Å². The highest BCUT2D eigenvalue weighted by Gasteiger charge is 2.19. The van der Waals surface area contributed by atoms with E-state index in [0.717, 1.165) is 29.5 Å². The minimum atomic E-state index is -4.03. The number of nitrogens with one attached hydrogen (secondary N) is 1. The minimum Gasteiger partial charge on any atom is -0.255 e. The number of fused-ring (bicyclic) bond motifs is 1. The molecule has 0 aliphatic rings. The maximum absolute atomic E-state index is 13.6. The Morgan fingerprint density at radius 2 is 2.04 bits per heavy atom. The average molecular weight is 369 g/mol. The Morgan fingerprint density at radius 1 is 1.26 bits per heavy atom. The zero-order valence-corrected chi connectivity index (χ0v) is 13.5. The van der Waals surface area contributed by atoms with Crippen LogP contribution in [0.2, 0.25) is 5.15 Å². The van der Waals surface area contributed by atoms with Crippen LogP contribution < -0.4 is 4.72 Å². The lowest BCUT2D eigenvalue weighted by atomic mass is 10.2. The number of nitrogens with zero attached hydrogens (tertiary/aromatic N) is 3. The van der Waals surface area contributed by atoms with Crippen LogP contribution in [0.3, 0.4) is 0 Å². The Balaban J connectivity index is 1.96. The zero-order chi connectivity index (χ0) is 16.6. The fourth-order valence-electron chi connectivity index (χ4n) is 1.77. The van der Waals surface area contributed by atoms with Crippen molar-refractivity contribution < 1.29 is 12.8 Å². The first-order chi connectivity index (χ1) is 10.9. The van der Waals surface area contributed by atoms with Crippen molar-refractivity contribution in [1.82, 2.24) is 9.97 Å². The van der Waals surface area contributed by atoms with Crippen LogP contribution in [0.15, 0.2) is 35.2 Å². The molecule has 1 aromatic carbocycles. The number of hydrogen-bond donors (Lipinski definition) is 1. The number of hydrogen-bond acceptors (Lipinski definition) is 6. The number of pyridine rings is 1. The summed E-state index contributed by atoms with van der Waals surface area (Å²) in [6.07, 6.45) is 0.